The molecule has 0 spiro atoms. The van der Waals surface area contributed by atoms with Gasteiger partial charge in [-0.05, 0) is 45.4 Å². The lowest BCUT2D eigenvalue weighted by molar-refractivity contribution is -0.202. The Bertz CT molecular complexity index is 379. The second kappa shape index (κ2) is 5.30. The number of carbonyl (C=O) groups is 1. The van der Waals surface area contributed by atoms with Gasteiger partial charge in [-0.3, -0.25) is 4.79 Å². The lowest BCUT2D eigenvalue weighted by Gasteiger charge is -2.50. The molecule has 116 valence electrons. The van der Waals surface area contributed by atoms with Crippen molar-refractivity contribution >= 4 is 5.97 Å². The Morgan fingerprint density at radius 2 is 2.10 bits per heavy atom. The van der Waals surface area contributed by atoms with E-state index in [0.717, 1.165) is 25.7 Å². The van der Waals surface area contributed by atoms with Crippen LogP contribution in [0, 0.1) is 11.3 Å². The number of aliphatic hydroxyl groups excluding tert-OH is 1. The Balaban J connectivity index is 2.16. The minimum atomic E-state index is -0.887. The van der Waals surface area contributed by atoms with E-state index >= 15 is 0 Å². The standard InChI is InChI=1S/C16H28O4/c1-4-14(2,3)13(18)20-16(11-17)9-12-6-5-7-15(19,8-12)10-16/h12,17,19H,4-11H2,1-3H3. The molecule has 0 aromatic rings. The number of aliphatic hydroxyl groups is 2. The quantitative estimate of drug-likeness (QED) is 0.778. The first kappa shape index (κ1) is 15.8. The molecule has 2 saturated carbocycles. The van der Waals surface area contributed by atoms with Crippen molar-refractivity contribution in [2.75, 3.05) is 6.61 Å². The molecule has 0 aromatic heterocycles. The van der Waals surface area contributed by atoms with E-state index in [-0.39, 0.29) is 12.6 Å². The molecule has 2 aliphatic rings. The number of carbonyl (C=O) groups excluding carboxylic acids is 1. The summed E-state index contributed by atoms with van der Waals surface area (Å²) in [5.74, 6) is 0.0878. The van der Waals surface area contributed by atoms with Crippen LogP contribution in [0.5, 0.6) is 0 Å². The highest BCUT2D eigenvalue weighted by Crippen LogP contribution is 2.48. The van der Waals surface area contributed by atoms with Gasteiger partial charge in [0.25, 0.3) is 0 Å². The molecular weight excluding hydrogens is 256 g/mol. The van der Waals surface area contributed by atoms with E-state index in [4.69, 9.17) is 4.74 Å². The van der Waals surface area contributed by atoms with Crippen molar-refractivity contribution in [3.05, 3.63) is 0 Å². The summed E-state index contributed by atoms with van der Waals surface area (Å²) < 4.78 is 5.74. The SMILES string of the molecule is CCC(C)(C)C(=O)OC1(CO)CC2CCCC(O)(C2)C1. The predicted octanol–water partition coefficient (Wildman–Crippen LogP) is 2.41. The van der Waals surface area contributed by atoms with Crippen molar-refractivity contribution in [3.8, 4) is 0 Å². The lowest BCUT2D eigenvalue weighted by atomic mass is 9.63. The summed E-state index contributed by atoms with van der Waals surface area (Å²) in [5, 5.41) is 20.4. The van der Waals surface area contributed by atoms with Crippen LogP contribution in [0.3, 0.4) is 0 Å². The van der Waals surface area contributed by atoms with E-state index in [9.17, 15) is 15.0 Å². The third kappa shape index (κ3) is 3.01. The van der Waals surface area contributed by atoms with Gasteiger partial charge in [-0.2, -0.15) is 0 Å². The second-order valence-electron chi connectivity index (χ2n) is 7.54. The monoisotopic (exact) mass is 284 g/mol. The average Bonchev–Trinajstić information content (AvgIpc) is 2.37. The van der Waals surface area contributed by atoms with Gasteiger partial charge in [0.05, 0.1) is 17.6 Å². The van der Waals surface area contributed by atoms with E-state index in [1.54, 1.807) is 0 Å². The topological polar surface area (TPSA) is 66.8 Å². The van der Waals surface area contributed by atoms with E-state index in [1.165, 1.54) is 0 Å². The van der Waals surface area contributed by atoms with Gasteiger partial charge >= 0.3 is 5.97 Å². The van der Waals surface area contributed by atoms with Crippen molar-refractivity contribution in [2.24, 2.45) is 11.3 Å². The Morgan fingerprint density at radius 1 is 1.40 bits per heavy atom. The highest BCUT2D eigenvalue weighted by molar-refractivity contribution is 5.76. The third-order valence-corrected chi connectivity index (χ3v) is 5.27. The molecule has 0 amide bonds. The average molecular weight is 284 g/mol. The molecule has 2 bridgehead atoms. The summed E-state index contributed by atoms with van der Waals surface area (Å²) in [6, 6.07) is 0. The van der Waals surface area contributed by atoms with Crippen LogP contribution in [0.1, 0.15) is 65.7 Å². The van der Waals surface area contributed by atoms with Gasteiger partial charge in [0.1, 0.15) is 5.60 Å². The maximum absolute atomic E-state index is 12.3. The molecule has 2 fully saturated rings. The molecule has 3 unspecified atom stereocenters. The Morgan fingerprint density at radius 3 is 2.65 bits per heavy atom. The molecule has 0 aliphatic heterocycles. The van der Waals surface area contributed by atoms with Crippen LogP contribution < -0.4 is 0 Å². The van der Waals surface area contributed by atoms with Crippen molar-refractivity contribution in [1.29, 1.82) is 0 Å². The first-order chi connectivity index (χ1) is 9.24. The zero-order chi connectivity index (χ0) is 15.0. The zero-order valence-corrected chi connectivity index (χ0v) is 12.9. The van der Waals surface area contributed by atoms with Crippen LogP contribution in [-0.4, -0.2) is 34.0 Å². The largest absolute Gasteiger partial charge is 0.456 e. The van der Waals surface area contributed by atoms with Crippen LogP contribution in [0.15, 0.2) is 0 Å². The fourth-order valence-corrected chi connectivity index (χ4v) is 3.70. The lowest BCUT2D eigenvalue weighted by Crippen LogP contribution is -2.55. The van der Waals surface area contributed by atoms with E-state index in [1.807, 2.05) is 20.8 Å². The number of esters is 1. The summed E-state index contributed by atoms with van der Waals surface area (Å²) in [5.41, 5.74) is -2.19. The normalized spacial score (nSPS) is 37.5. The summed E-state index contributed by atoms with van der Waals surface area (Å²) in [7, 11) is 0. The van der Waals surface area contributed by atoms with Crippen LogP contribution in [-0.2, 0) is 9.53 Å². The molecule has 3 atom stereocenters. The highest BCUT2D eigenvalue weighted by Gasteiger charge is 2.52. The van der Waals surface area contributed by atoms with Crippen LogP contribution in [0.25, 0.3) is 0 Å². The first-order valence-electron chi connectivity index (χ1n) is 7.81. The molecule has 0 radical (unpaired) electrons. The predicted molar refractivity (Wildman–Crippen MR) is 76.1 cm³/mol. The molecule has 0 aromatic carbocycles. The number of hydrogen-bond acceptors (Lipinski definition) is 4. The van der Waals surface area contributed by atoms with Gasteiger partial charge in [0.2, 0.25) is 0 Å². The Hall–Kier alpha value is -0.610. The Kier molecular flexibility index (Phi) is 4.18. The highest BCUT2D eigenvalue weighted by atomic mass is 16.6. The smallest absolute Gasteiger partial charge is 0.312 e. The molecule has 0 heterocycles. The fraction of sp³-hybridized carbons (Fsp3) is 0.938. The van der Waals surface area contributed by atoms with Gasteiger partial charge < -0.3 is 14.9 Å². The summed E-state index contributed by atoms with van der Waals surface area (Å²) >= 11 is 0. The maximum Gasteiger partial charge on any atom is 0.312 e. The van der Waals surface area contributed by atoms with E-state index in [0.29, 0.717) is 25.2 Å². The molecule has 4 heteroatoms. The van der Waals surface area contributed by atoms with Gasteiger partial charge in [-0.25, -0.2) is 0 Å². The molecule has 2 aliphatic carbocycles. The van der Waals surface area contributed by atoms with Gasteiger partial charge in [0, 0.05) is 6.42 Å². The minimum absolute atomic E-state index is 0.197. The van der Waals surface area contributed by atoms with Gasteiger partial charge in [0.15, 0.2) is 0 Å². The number of fused-ring (bicyclic) bond motifs is 2. The van der Waals surface area contributed by atoms with Crippen LogP contribution in [0.2, 0.25) is 0 Å². The number of rotatable bonds is 4. The summed E-state index contributed by atoms with van der Waals surface area (Å²) in [4.78, 5) is 12.3. The molecular formula is C16H28O4. The second-order valence-corrected chi connectivity index (χ2v) is 7.54. The van der Waals surface area contributed by atoms with Crippen molar-refractivity contribution in [2.45, 2.75) is 76.9 Å². The first-order valence-corrected chi connectivity index (χ1v) is 7.81. The fourth-order valence-electron chi connectivity index (χ4n) is 3.70. The molecule has 2 N–H and O–H groups in total. The van der Waals surface area contributed by atoms with Crippen molar-refractivity contribution in [3.63, 3.8) is 0 Å². The molecule has 20 heavy (non-hydrogen) atoms. The van der Waals surface area contributed by atoms with E-state index < -0.39 is 16.6 Å². The molecule has 2 rings (SSSR count). The molecule has 4 nitrogen and oxygen atoms in total. The van der Waals surface area contributed by atoms with Gasteiger partial charge in [-0.15, -0.1) is 0 Å². The van der Waals surface area contributed by atoms with E-state index in [2.05, 4.69) is 0 Å². The third-order valence-electron chi connectivity index (χ3n) is 5.27. The summed E-state index contributed by atoms with van der Waals surface area (Å²) in [6.07, 6.45) is 5.36. The number of ether oxygens (including phenoxy) is 1. The summed E-state index contributed by atoms with van der Waals surface area (Å²) in [6.45, 7) is 5.48. The Labute approximate surface area is 121 Å². The minimum Gasteiger partial charge on any atom is -0.456 e. The van der Waals surface area contributed by atoms with Crippen molar-refractivity contribution < 1.29 is 19.7 Å². The van der Waals surface area contributed by atoms with Gasteiger partial charge in [-0.1, -0.05) is 19.8 Å². The maximum atomic E-state index is 12.3. The van der Waals surface area contributed by atoms with Crippen molar-refractivity contribution in [1.82, 2.24) is 0 Å². The van der Waals surface area contributed by atoms with Crippen LogP contribution in [0.4, 0.5) is 0 Å². The van der Waals surface area contributed by atoms with Crippen LogP contribution >= 0.6 is 0 Å². The molecule has 0 saturated heterocycles. The number of hydrogen-bond donors (Lipinski definition) is 2. The zero-order valence-electron chi connectivity index (χ0n) is 12.9.